The first-order chi connectivity index (χ1) is 11.6. The van der Waals surface area contributed by atoms with Gasteiger partial charge in [0.05, 0.1) is 11.9 Å². The van der Waals surface area contributed by atoms with E-state index in [1.54, 1.807) is 30.3 Å². The van der Waals surface area contributed by atoms with Crippen molar-refractivity contribution in [2.45, 2.75) is 20.8 Å². The maximum atomic E-state index is 12.3. The van der Waals surface area contributed by atoms with Crippen LogP contribution < -0.4 is 9.62 Å². The Morgan fingerprint density at radius 1 is 1.08 bits per heavy atom. The molecule has 0 radical (unpaired) electrons. The maximum absolute atomic E-state index is 12.3. The van der Waals surface area contributed by atoms with E-state index in [4.69, 9.17) is 11.6 Å². The predicted octanol–water partition coefficient (Wildman–Crippen LogP) is 3.67. The molecular formula is C18H21ClN2O3S. The number of nitrogens with one attached hydrogen (secondary N) is 1. The zero-order chi connectivity index (χ0) is 18.8. The van der Waals surface area contributed by atoms with E-state index < -0.39 is 15.9 Å². The summed E-state index contributed by atoms with van der Waals surface area (Å²) in [6.45, 7) is 5.31. The van der Waals surface area contributed by atoms with Crippen molar-refractivity contribution in [3.8, 4) is 0 Å². The first kappa shape index (κ1) is 19.3. The Morgan fingerprint density at radius 2 is 1.68 bits per heavy atom. The van der Waals surface area contributed by atoms with E-state index in [-0.39, 0.29) is 6.54 Å². The van der Waals surface area contributed by atoms with E-state index in [0.717, 1.165) is 27.3 Å². The number of hydrogen-bond acceptors (Lipinski definition) is 3. The van der Waals surface area contributed by atoms with Crippen molar-refractivity contribution in [1.82, 2.24) is 0 Å². The monoisotopic (exact) mass is 380 g/mol. The summed E-state index contributed by atoms with van der Waals surface area (Å²) in [6.07, 6.45) is 1.08. The third-order valence-corrected chi connectivity index (χ3v) is 5.19. The van der Waals surface area contributed by atoms with E-state index in [1.165, 1.54) is 0 Å². The van der Waals surface area contributed by atoms with Crippen LogP contribution in [0.15, 0.2) is 36.4 Å². The number of sulfonamides is 1. The van der Waals surface area contributed by atoms with Crippen molar-refractivity contribution in [3.05, 3.63) is 58.1 Å². The highest BCUT2D eigenvalue weighted by Crippen LogP contribution is 2.22. The maximum Gasteiger partial charge on any atom is 0.245 e. The number of benzene rings is 2. The molecule has 2 rings (SSSR count). The smallest absolute Gasteiger partial charge is 0.245 e. The lowest BCUT2D eigenvalue weighted by atomic mass is 10.1. The number of hydrogen-bond donors (Lipinski definition) is 1. The highest BCUT2D eigenvalue weighted by atomic mass is 35.5. The molecule has 0 bridgehead atoms. The summed E-state index contributed by atoms with van der Waals surface area (Å²) >= 11 is 6.05. The first-order valence-electron chi connectivity index (χ1n) is 7.68. The lowest BCUT2D eigenvalue weighted by Gasteiger charge is -2.23. The van der Waals surface area contributed by atoms with Gasteiger partial charge < -0.3 is 5.32 Å². The Kier molecular flexibility index (Phi) is 5.75. The normalized spacial score (nSPS) is 11.2. The van der Waals surface area contributed by atoms with Gasteiger partial charge in [-0.25, -0.2) is 8.42 Å². The zero-order valence-corrected chi connectivity index (χ0v) is 16.2. The standard InChI is InChI=1S/C18H21ClN2O3S/c1-12-7-13(2)9-16(8-12)21(25(4,23)24)11-18(22)20-15-6-5-14(3)17(19)10-15/h5-10H,11H2,1-4H3,(H,20,22). The van der Waals surface area contributed by atoms with Crippen LogP contribution in [-0.4, -0.2) is 27.1 Å². The second kappa shape index (κ2) is 7.45. The molecule has 2 aromatic carbocycles. The van der Waals surface area contributed by atoms with Crippen molar-refractivity contribution in [2.75, 3.05) is 22.4 Å². The minimum absolute atomic E-state index is 0.312. The van der Waals surface area contributed by atoms with Gasteiger partial charge in [-0.1, -0.05) is 23.7 Å². The van der Waals surface area contributed by atoms with Crippen LogP contribution in [0.5, 0.6) is 0 Å². The molecule has 7 heteroatoms. The van der Waals surface area contributed by atoms with Gasteiger partial charge in [0.1, 0.15) is 6.54 Å². The summed E-state index contributed by atoms with van der Waals surface area (Å²) in [4.78, 5) is 12.3. The Labute approximate surface area is 153 Å². The van der Waals surface area contributed by atoms with Crippen LogP contribution in [0.2, 0.25) is 5.02 Å². The van der Waals surface area contributed by atoms with Gasteiger partial charge in [-0.2, -0.15) is 0 Å². The van der Waals surface area contributed by atoms with Crippen LogP contribution in [0, 0.1) is 20.8 Å². The molecule has 134 valence electrons. The molecule has 25 heavy (non-hydrogen) atoms. The summed E-state index contributed by atoms with van der Waals surface area (Å²) in [5.74, 6) is -0.440. The summed E-state index contributed by atoms with van der Waals surface area (Å²) in [6, 6.07) is 10.6. The molecule has 0 heterocycles. The number of carbonyl (C=O) groups is 1. The lowest BCUT2D eigenvalue weighted by molar-refractivity contribution is -0.114. The van der Waals surface area contributed by atoms with Gasteiger partial charge in [-0.3, -0.25) is 9.10 Å². The largest absolute Gasteiger partial charge is 0.324 e. The van der Waals surface area contributed by atoms with Crippen LogP contribution in [0.4, 0.5) is 11.4 Å². The fourth-order valence-corrected chi connectivity index (χ4v) is 3.52. The van der Waals surface area contributed by atoms with Crippen LogP contribution >= 0.6 is 11.6 Å². The van der Waals surface area contributed by atoms with Gasteiger partial charge in [0.25, 0.3) is 0 Å². The van der Waals surface area contributed by atoms with Crippen molar-refractivity contribution in [3.63, 3.8) is 0 Å². The molecule has 0 saturated heterocycles. The van der Waals surface area contributed by atoms with Crippen LogP contribution in [-0.2, 0) is 14.8 Å². The molecule has 5 nitrogen and oxygen atoms in total. The molecule has 0 aliphatic carbocycles. The van der Waals surface area contributed by atoms with Crippen molar-refractivity contribution in [2.24, 2.45) is 0 Å². The van der Waals surface area contributed by atoms with Crippen molar-refractivity contribution in [1.29, 1.82) is 0 Å². The van der Waals surface area contributed by atoms with E-state index in [2.05, 4.69) is 5.32 Å². The fourth-order valence-electron chi connectivity index (χ4n) is 2.50. The third kappa shape index (κ3) is 5.21. The molecule has 0 atom stereocenters. The highest BCUT2D eigenvalue weighted by molar-refractivity contribution is 7.92. The number of nitrogens with zero attached hydrogens (tertiary/aromatic N) is 1. The van der Waals surface area contributed by atoms with Crippen LogP contribution in [0.25, 0.3) is 0 Å². The molecule has 2 aromatic rings. The van der Waals surface area contributed by atoms with Crippen LogP contribution in [0.3, 0.4) is 0 Å². The average molecular weight is 381 g/mol. The third-order valence-electron chi connectivity index (χ3n) is 3.64. The quantitative estimate of drug-likeness (QED) is 0.860. The lowest BCUT2D eigenvalue weighted by Crippen LogP contribution is -2.37. The summed E-state index contributed by atoms with van der Waals surface area (Å²) < 4.78 is 25.4. The van der Waals surface area contributed by atoms with Crippen molar-refractivity contribution >= 4 is 38.9 Å². The van der Waals surface area contributed by atoms with Gasteiger partial charge in [-0.05, 0) is 61.7 Å². The number of carbonyl (C=O) groups excluding carboxylic acids is 1. The topological polar surface area (TPSA) is 66.5 Å². The van der Waals surface area contributed by atoms with Crippen molar-refractivity contribution < 1.29 is 13.2 Å². The zero-order valence-electron chi connectivity index (χ0n) is 14.6. The molecule has 1 N–H and O–H groups in total. The number of aryl methyl sites for hydroxylation is 3. The second-order valence-corrected chi connectivity index (χ2v) is 8.44. The number of amides is 1. The SMILES string of the molecule is Cc1cc(C)cc(N(CC(=O)Nc2ccc(C)c(Cl)c2)S(C)(=O)=O)c1. The first-order valence-corrected chi connectivity index (χ1v) is 9.91. The molecular weight excluding hydrogens is 360 g/mol. The molecule has 0 aliphatic rings. The van der Waals surface area contributed by atoms with Gasteiger partial charge in [0.15, 0.2) is 0 Å². The number of rotatable bonds is 5. The Balaban J connectivity index is 2.25. The molecule has 0 aromatic heterocycles. The molecule has 0 fully saturated rings. The number of halogens is 1. The second-order valence-electron chi connectivity index (χ2n) is 6.13. The predicted molar refractivity (Wildman–Crippen MR) is 103 cm³/mol. The molecule has 0 spiro atoms. The molecule has 1 amide bonds. The summed E-state index contributed by atoms with van der Waals surface area (Å²) in [5, 5.41) is 3.22. The minimum Gasteiger partial charge on any atom is -0.324 e. The van der Waals surface area contributed by atoms with E-state index in [1.807, 2.05) is 26.8 Å². The Bertz CT molecular complexity index is 890. The number of anilines is 2. The van der Waals surface area contributed by atoms with Gasteiger partial charge in [0, 0.05) is 10.7 Å². The average Bonchev–Trinajstić information content (AvgIpc) is 2.46. The van der Waals surface area contributed by atoms with E-state index in [0.29, 0.717) is 16.4 Å². The minimum atomic E-state index is -3.61. The Morgan fingerprint density at radius 3 is 2.20 bits per heavy atom. The van der Waals surface area contributed by atoms with Crippen LogP contribution in [0.1, 0.15) is 16.7 Å². The van der Waals surface area contributed by atoms with E-state index >= 15 is 0 Å². The highest BCUT2D eigenvalue weighted by Gasteiger charge is 2.21. The van der Waals surface area contributed by atoms with E-state index in [9.17, 15) is 13.2 Å². The molecule has 0 saturated carbocycles. The van der Waals surface area contributed by atoms with Gasteiger partial charge in [0.2, 0.25) is 15.9 Å². The summed E-state index contributed by atoms with van der Waals surface area (Å²) in [7, 11) is -3.61. The fraction of sp³-hybridized carbons (Fsp3) is 0.278. The van der Waals surface area contributed by atoms with Gasteiger partial charge in [-0.15, -0.1) is 0 Å². The Hall–Kier alpha value is -2.05. The molecule has 0 unspecified atom stereocenters. The molecule has 0 aliphatic heterocycles. The summed E-state index contributed by atoms with van der Waals surface area (Å²) in [5.41, 5.74) is 3.74. The van der Waals surface area contributed by atoms with Gasteiger partial charge >= 0.3 is 0 Å².